The fourth-order valence-electron chi connectivity index (χ4n) is 4.27. The molecule has 2 aromatic heterocycles. The monoisotopic (exact) mass is 483 g/mol. The summed E-state index contributed by atoms with van der Waals surface area (Å²) in [6.45, 7) is 6.53. The number of ether oxygens (including phenoxy) is 3. The van der Waals surface area contributed by atoms with Gasteiger partial charge in [0.1, 0.15) is 11.5 Å². The molecule has 0 spiro atoms. The lowest BCUT2D eigenvalue weighted by molar-refractivity contribution is -0.116. The van der Waals surface area contributed by atoms with Crippen LogP contribution in [0, 0.1) is 6.92 Å². The second-order valence-corrected chi connectivity index (χ2v) is 8.38. The van der Waals surface area contributed by atoms with E-state index in [2.05, 4.69) is 16.9 Å². The third-order valence-electron chi connectivity index (χ3n) is 6.03. The van der Waals surface area contributed by atoms with Crippen molar-refractivity contribution in [2.75, 3.05) is 27.4 Å². The number of fused-ring (bicyclic) bond motifs is 1. The number of methoxy groups -OCH3 is 2. The number of benzene rings is 1. The summed E-state index contributed by atoms with van der Waals surface area (Å²) in [4.78, 5) is 30.0. The minimum absolute atomic E-state index is 0.139. The van der Waals surface area contributed by atoms with Gasteiger partial charge in [0.15, 0.2) is 0 Å². The Morgan fingerprint density at radius 2 is 2.09 bits per heavy atom. The van der Waals surface area contributed by atoms with Crippen LogP contribution in [0.15, 0.2) is 41.8 Å². The maximum atomic E-state index is 14.0. The number of amides is 1. The lowest BCUT2D eigenvalue weighted by atomic mass is 9.98. The van der Waals surface area contributed by atoms with E-state index in [4.69, 9.17) is 25.8 Å². The van der Waals surface area contributed by atoms with Crippen LogP contribution in [0.5, 0.6) is 11.5 Å². The van der Waals surface area contributed by atoms with Crippen molar-refractivity contribution < 1.29 is 19.0 Å². The van der Waals surface area contributed by atoms with E-state index in [0.29, 0.717) is 58.5 Å². The minimum Gasteiger partial charge on any atom is -0.496 e. The number of carbonyl (C=O) groups is 1. The fraction of sp³-hybridized carbons (Fsp3) is 0.320. The average molecular weight is 484 g/mol. The molecule has 1 aromatic carbocycles. The second kappa shape index (κ2) is 9.87. The topological polar surface area (TPSA) is 91.7 Å². The average Bonchev–Trinajstić information content (AvgIpc) is 3.37. The summed E-state index contributed by atoms with van der Waals surface area (Å²) < 4.78 is 18.3. The first-order chi connectivity index (χ1) is 16.4. The van der Waals surface area contributed by atoms with E-state index in [-0.39, 0.29) is 24.1 Å². The number of aromatic nitrogens is 2. The largest absolute Gasteiger partial charge is 0.496 e. The molecule has 1 fully saturated rings. The molecule has 8 nitrogen and oxygen atoms in total. The van der Waals surface area contributed by atoms with Crippen LogP contribution in [0.2, 0.25) is 5.02 Å². The Morgan fingerprint density at radius 3 is 2.74 bits per heavy atom. The van der Waals surface area contributed by atoms with E-state index in [1.165, 1.54) is 13.2 Å². The smallest absolute Gasteiger partial charge is 0.259 e. The molecule has 178 valence electrons. The molecule has 1 amide bonds. The summed E-state index contributed by atoms with van der Waals surface area (Å²) in [5.41, 5.74) is 2.85. The van der Waals surface area contributed by atoms with Crippen LogP contribution in [0.25, 0.3) is 22.0 Å². The summed E-state index contributed by atoms with van der Waals surface area (Å²) in [5, 5.41) is 3.82. The summed E-state index contributed by atoms with van der Waals surface area (Å²) in [5.74, 6) is 0.689. The van der Waals surface area contributed by atoms with Crippen molar-refractivity contribution in [3.63, 3.8) is 0 Å². The van der Waals surface area contributed by atoms with Gasteiger partial charge in [0.2, 0.25) is 5.91 Å². The Bertz CT molecular complexity index is 1300. The molecule has 1 unspecified atom stereocenters. The van der Waals surface area contributed by atoms with Crippen LogP contribution in [-0.4, -0.2) is 42.9 Å². The molecular weight excluding hydrogens is 458 g/mol. The maximum absolute atomic E-state index is 14.0. The SMILES string of the molecule is C=CC(=O)NCc1cc2c(cn1)cc(-c1c(C)c(OC)cc(OC)c1Cl)c(=O)n2C1CCOC1. The molecule has 4 rings (SSSR count). The molecular formula is C25H26ClN3O5. The number of nitrogens with zero attached hydrogens (tertiary/aromatic N) is 2. The molecule has 1 atom stereocenters. The van der Waals surface area contributed by atoms with E-state index in [9.17, 15) is 9.59 Å². The number of pyridine rings is 2. The molecule has 0 bridgehead atoms. The van der Waals surface area contributed by atoms with Crippen LogP contribution < -0.4 is 20.3 Å². The zero-order valence-electron chi connectivity index (χ0n) is 19.3. The van der Waals surface area contributed by atoms with Gasteiger partial charge in [-0.05, 0) is 31.6 Å². The molecule has 1 N–H and O–H groups in total. The number of rotatable bonds is 7. The third kappa shape index (κ3) is 4.26. The van der Waals surface area contributed by atoms with Gasteiger partial charge in [-0.2, -0.15) is 0 Å². The van der Waals surface area contributed by atoms with Gasteiger partial charge in [0.05, 0.1) is 49.6 Å². The molecule has 1 aliphatic rings. The Labute approximate surface area is 202 Å². The number of halogens is 1. The van der Waals surface area contributed by atoms with Gasteiger partial charge in [0, 0.05) is 40.9 Å². The maximum Gasteiger partial charge on any atom is 0.259 e. The molecule has 0 aliphatic carbocycles. The lowest BCUT2D eigenvalue weighted by Gasteiger charge is -2.20. The second-order valence-electron chi connectivity index (χ2n) is 8.00. The first-order valence-electron chi connectivity index (χ1n) is 10.8. The number of carbonyl (C=O) groups excluding carboxylic acids is 1. The molecule has 3 heterocycles. The predicted octanol–water partition coefficient (Wildman–Crippen LogP) is 3.81. The van der Waals surface area contributed by atoms with Gasteiger partial charge in [-0.1, -0.05) is 18.2 Å². The number of nitrogens with one attached hydrogen (secondary N) is 1. The zero-order valence-corrected chi connectivity index (χ0v) is 20.1. The van der Waals surface area contributed by atoms with Crippen molar-refractivity contribution in [1.82, 2.24) is 14.9 Å². The molecule has 0 saturated carbocycles. The van der Waals surface area contributed by atoms with Crippen molar-refractivity contribution in [1.29, 1.82) is 0 Å². The van der Waals surface area contributed by atoms with E-state index in [1.54, 1.807) is 30.0 Å². The summed E-state index contributed by atoms with van der Waals surface area (Å²) >= 11 is 6.71. The molecule has 9 heteroatoms. The molecule has 1 saturated heterocycles. The van der Waals surface area contributed by atoms with Gasteiger partial charge in [-0.3, -0.25) is 14.6 Å². The van der Waals surface area contributed by atoms with E-state index >= 15 is 0 Å². The lowest BCUT2D eigenvalue weighted by Crippen LogP contribution is -2.27. The quantitative estimate of drug-likeness (QED) is 0.514. The highest BCUT2D eigenvalue weighted by Crippen LogP contribution is 2.42. The highest BCUT2D eigenvalue weighted by atomic mass is 35.5. The highest BCUT2D eigenvalue weighted by molar-refractivity contribution is 6.35. The van der Waals surface area contributed by atoms with Gasteiger partial charge < -0.3 is 24.1 Å². The Morgan fingerprint density at radius 1 is 1.32 bits per heavy atom. The van der Waals surface area contributed by atoms with Crippen LogP contribution in [0.3, 0.4) is 0 Å². The highest BCUT2D eigenvalue weighted by Gasteiger charge is 2.26. The van der Waals surface area contributed by atoms with Crippen molar-refractivity contribution in [3.05, 3.63) is 63.7 Å². The zero-order chi connectivity index (χ0) is 24.4. The third-order valence-corrected chi connectivity index (χ3v) is 6.40. The standard InChI is InChI=1S/C25H26ClN3O5/c1-5-22(30)28-12-16-9-19-15(11-27-16)8-18(25(31)29(19)17-6-7-34-13-17)23-14(2)20(32-3)10-21(33-4)24(23)26/h5,8-11,17H,1,6-7,12-13H2,2-4H3,(H,28,30). The van der Waals surface area contributed by atoms with Crippen molar-refractivity contribution in [3.8, 4) is 22.6 Å². The molecule has 3 aromatic rings. The summed E-state index contributed by atoms with van der Waals surface area (Å²) in [7, 11) is 3.08. The van der Waals surface area contributed by atoms with Crippen LogP contribution in [0.4, 0.5) is 0 Å². The molecule has 34 heavy (non-hydrogen) atoms. The van der Waals surface area contributed by atoms with Crippen molar-refractivity contribution in [2.24, 2.45) is 0 Å². The summed E-state index contributed by atoms with van der Waals surface area (Å²) in [6, 6.07) is 5.18. The summed E-state index contributed by atoms with van der Waals surface area (Å²) in [6.07, 6.45) is 3.60. The number of hydrogen-bond donors (Lipinski definition) is 1. The van der Waals surface area contributed by atoms with Crippen molar-refractivity contribution >= 4 is 28.4 Å². The Balaban J connectivity index is 1.97. The number of hydrogen-bond acceptors (Lipinski definition) is 6. The van der Waals surface area contributed by atoms with Gasteiger partial charge in [-0.15, -0.1) is 0 Å². The Kier molecular flexibility index (Phi) is 6.90. The first-order valence-corrected chi connectivity index (χ1v) is 11.2. The van der Waals surface area contributed by atoms with Crippen LogP contribution in [-0.2, 0) is 16.1 Å². The van der Waals surface area contributed by atoms with Gasteiger partial charge in [0.25, 0.3) is 5.56 Å². The first kappa shape index (κ1) is 23.8. The minimum atomic E-state index is -0.295. The van der Waals surface area contributed by atoms with E-state index < -0.39 is 0 Å². The van der Waals surface area contributed by atoms with Gasteiger partial charge in [-0.25, -0.2) is 0 Å². The van der Waals surface area contributed by atoms with Gasteiger partial charge >= 0.3 is 0 Å². The fourth-order valence-corrected chi connectivity index (χ4v) is 4.64. The molecule has 0 radical (unpaired) electrons. The normalized spacial score (nSPS) is 15.4. The Hall–Kier alpha value is -3.36. The van der Waals surface area contributed by atoms with Crippen LogP contribution in [0.1, 0.15) is 23.7 Å². The van der Waals surface area contributed by atoms with E-state index in [1.807, 2.05) is 13.0 Å². The predicted molar refractivity (Wildman–Crippen MR) is 131 cm³/mol. The molecule has 1 aliphatic heterocycles. The van der Waals surface area contributed by atoms with Crippen LogP contribution >= 0.6 is 11.6 Å². The van der Waals surface area contributed by atoms with E-state index in [0.717, 1.165) is 10.9 Å². The van der Waals surface area contributed by atoms with Crippen molar-refractivity contribution in [2.45, 2.75) is 25.9 Å².